The Balaban J connectivity index is 1.64. The second-order valence-electron chi connectivity index (χ2n) is 8.74. The number of nitrogens with zero attached hydrogens (tertiary/aromatic N) is 3. The molecule has 3 N–H and O–H groups in total. The van der Waals surface area contributed by atoms with Crippen LogP contribution in [0.25, 0.3) is 0 Å². The maximum Gasteiger partial charge on any atom is 0.261 e. The molecule has 1 fully saturated rings. The van der Waals surface area contributed by atoms with Crippen molar-refractivity contribution in [1.82, 2.24) is 15.0 Å². The molecule has 0 saturated carbocycles. The predicted molar refractivity (Wildman–Crippen MR) is 115 cm³/mol. The van der Waals surface area contributed by atoms with Crippen LogP contribution in [0.1, 0.15) is 24.6 Å². The molecule has 2 aliphatic rings. The van der Waals surface area contributed by atoms with Crippen molar-refractivity contribution in [3.8, 4) is 0 Å². The molecule has 1 amide bonds. The number of fused-ring (bicyclic) bond motifs is 2. The quantitative estimate of drug-likeness (QED) is 0.582. The van der Waals surface area contributed by atoms with Gasteiger partial charge in [0.05, 0.1) is 11.8 Å². The summed E-state index contributed by atoms with van der Waals surface area (Å²) in [6.07, 6.45) is 2.53. The van der Waals surface area contributed by atoms with Crippen molar-refractivity contribution in [3.05, 3.63) is 40.7 Å². The lowest BCUT2D eigenvalue weighted by molar-refractivity contribution is -0.143. The highest BCUT2D eigenvalue weighted by atomic mass is 35.5. The van der Waals surface area contributed by atoms with E-state index in [-0.39, 0.29) is 30.1 Å². The first-order chi connectivity index (χ1) is 14.2. The van der Waals surface area contributed by atoms with E-state index in [1.54, 1.807) is 29.1 Å². The van der Waals surface area contributed by atoms with Crippen molar-refractivity contribution in [2.75, 3.05) is 11.9 Å². The van der Waals surface area contributed by atoms with Gasteiger partial charge in [0.15, 0.2) is 13.9 Å². The van der Waals surface area contributed by atoms with Crippen LogP contribution < -0.4 is 5.32 Å². The average molecular weight is 451 g/mol. The molecule has 162 valence electrons. The molecule has 0 aliphatic carbocycles. The van der Waals surface area contributed by atoms with Crippen LogP contribution >= 0.6 is 11.6 Å². The zero-order chi connectivity index (χ0) is 21.7. The SMILES string of the molecule is C[C@H]1[C@H]([Si](C)(C)O)[C@@H](CCn2cc(CCO)nn2)O[C@]12C(=O)Nc1ccc(Cl)cc12. The van der Waals surface area contributed by atoms with Gasteiger partial charge in [-0.2, -0.15) is 0 Å². The highest BCUT2D eigenvalue weighted by molar-refractivity contribution is 6.71. The van der Waals surface area contributed by atoms with Crippen LogP contribution in [0.5, 0.6) is 0 Å². The van der Waals surface area contributed by atoms with Gasteiger partial charge in [-0.3, -0.25) is 9.48 Å². The number of hydrogen-bond donors (Lipinski definition) is 3. The summed E-state index contributed by atoms with van der Waals surface area (Å²) in [7, 11) is -2.67. The van der Waals surface area contributed by atoms with Crippen LogP contribution in [0.15, 0.2) is 24.4 Å². The summed E-state index contributed by atoms with van der Waals surface area (Å²) in [5.74, 6) is -0.418. The number of anilines is 1. The lowest BCUT2D eigenvalue weighted by Crippen LogP contribution is -2.43. The van der Waals surface area contributed by atoms with Crippen molar-refractivity contribution in [3.63, 3.8) is 0 Å². The lowest BCUT2D eigenvalue weighted by atomic mass is 9.82. The van der Waals surface area contributed by atoms with Gasteiger partial charge in [-0.25, -0.2) is 0 Å². The maximum absolute atomic E-state index is 13.1. The molecule has 8 nitrogen and oxygen atoms in total. The molecule has 1 spiro atoms. The van der Waals surface area contributed by atoms with E-state index in [1.165, 1.54) is 0 Å². The lowest BCUT2D eigenvalue weighted by Gasteiger charge is -2.32. The van der Waals surface area contributed by atoms with E-state index in [0.29, 0.717) is 30.1 Å². The van der Waals surface area contributed by atoms with E-state index >= 15 is 0 Å². The van der Waals surface area contributed by atoms with Crippen molar-refractivity contribution < 1.29 is 19.4 Å². The minimum absolute atomic E-state index is 0.0217. The van der Waals surface area contributed by atoms with E-state index in [9.17, 15) is 9.59 Å². The highest BCUT2D eigenvalue weighted by Crippen LogP contribution is 2.58. The predicted octanol–water partition coefficient (Wildman–Crippen LogP) is 2.31. The molecule has 10 heteroatoms. The number of benzene rings is 1. The number of carbonyl (C=O) groups is 1. The first-order valence-electron chi connectivity index (χ1n) is 10.2. The summed E-state index contributed by atoms with van der Waals surface area (Å²) >= 11 is 6.24. The fourth-order valence-corrected chi connectivity index (χ4v) is 7.85. The third kappa shape index (κ3) is 3.48. The molecule has 30 heavy (non-hydrogen) atoms. The topological polar surface area (TPSA) is 110 Å². The van der Waals surface area contributed by atoms with Crippen LogP contribution in [0.2, 0.25) is 23.7 Å². The third-order valence-electron chi connectivity index (χ3n) is 6.30. The summed E-state index contributed by atoms with van der Waals surface area (Å²) in [5, 5.41) is 20.7. The molecule has 0 unspecified atom stereocenters. The smallest absolute Gasteiger partial charge is 0.261 e. The molecule has 4 rings (SSSR count). The van der Waals surface area contributed by atoms with Crippen molar-refractivity contribution >= 4 is 31.5 Å². The van der Waals surface area contributed by atoms with E-state index in [4.69, 9.17) is 21.4 Å². The van der Waals surface area contributed by atoms with Crippen molar-refractivity contribution in [1.29, 1.82) is 0 Å². The maximum atomic E-state index is 13.1. The minimum atomic E-state index is -2.67. The standard InChI is InChI=1S/C20H27ClN4O4Si/c1-12-18(30(2,3)28)17(6-8-25-11-14(7-9-26)23-24-25)29-20(12)15-10-13(21)4-5-16(15)22-19(20)27/h4-5,10-12,17-18,26,28H,6-9H2,1-3H3,(H,22,27)/t12-,17+,18-,20+/m0/s1. The number of hydrogen-bond acceptors (Lipinski definition) is 6. The van der Waals surface area contributed by atoms with E-state index < -0.39 is 13.9 Å². The Morgan fingerprint density at radius 2 is 2.17 bits per heavy atom. The first kappa shape index (κ1) is 21.4. The van der Waals surface area contributed by atoms with Crippen LogP contribution in [-0.2, 0) is 28.1 Å². The molecule has 1 aromatic heterocycles. The Bertz CT molecular complexity index is 963. The van der Waals surface area contributed by atoms with Crippen LogP contribution in [0.3, 0.4) is 0 Å². The van der Waals surface area contributed by atoms with Gasteiger partial charge in [0.1, 0.15) is 0 Å². The summed E-state index contributed by atoms with van der Waals surface area (Å²) in [6, 6.07) is 5.32. The summed E-state index contributed by atoms with van der Waals surface area (Å²) in [4.78, 5) is 24.2. The van der Waals surface area contributed by atoms with Gasteiger partial charge in [0, 0.05) is 53.5 Å². The summed E-state index contributed by atoms with van der Waals surface area (Å²) < 4.78 is 8.25. The second-order valence-corrected chi connectivity index (χ2v) is 13.1. The molecule has 1 aromatic carbocycles. The van der Waals surface area contributed by atoms with E-state index in [0.717, 1.165) is 11.3 Å². The zero-order valence-electron chi connectivity index (χ0n) is 17.3. The Hall–Kier alpha value is -1.78. The third-order valence-corrected chi connectivity index (χ3v) is 9.04. The molecule has 4 atom stereocenters. The number of aryl methyl sites for hydroxylation is 1. The van der Waals surface area contributed by atoms with Crippen LogP contribution in [-0.4, -0.2) is 51.8 Å². The first-order valence-corrected chi connectivity index (χ1v) is 13.6. The van der Waals surface area contributed by atoms with Gasteiger partial charge in [-0.15, -0.1) is 5.10 Å². The van der Waals surface area contributed by atoms with Crippen molar-refractivity contribution in [2.24, 2.45) is 5.92 Å². The fraction of sp³-hybridized carbons (Fsp3) is 0.550. The van der Waals surface area contributed by atoms with Gasteiger partial charge in [0.25, 0.3) is 5.91 Å². The van der Waals surface area contributed by atoms with E-state index in [2.05, 4.69) is 15.6 Å². The summed E-state index contributed by atoms with van der Waals surface area (Å²) in [6.45, 7) is 6.33. The number of aliphatic hydroxyl groups is 1. The number of amides is 1. The molecule has 2 aromatic rings. The monoisotopic (exact) mass is 450 g/mol. The zero-order valence-corrected chi connectivity index (χ0v) is 19.1. The Labute approximate surface area is 181 Å². The molecule has 3 heterocycles. The Morgan fingerprint density at radius 1 is 1.40 bits per heavy atom. The van der Waals surface area contributed by atoms with Crippen molar-refractivity contribution in [2.45, 2.75) is 56.7 Å². The summed E-state index contributed by atoms with van der Waals surface area (Å²) in [5.41, 5.74) is 0.866. The highest BCUT2D eigenvalue weighted by Gasteiger charge is 2.64. The van der Waals surface area contributed by atoms with Gasteiger partial charge >= 0.3 is 0 Å². The van der Waals surface area contributed by atoms with Gasteiger partial charge < -0.3 is 20.0 Å². The number of aliphatic hydroxyl groups excluding tert-OH is 1. The molecule has 0 radical (unpaired) electrons. The van der Waals surface area contributed by atoms with Crippen LogP contribution in [0, 0.1) is 5.92 Å². The average Bonchev–Trinajstić information content (AvgIpc) is 3.31. The van der Waals surface area contributed by atoms with Gasteiger partial charge in [-0.05, 0) is 37.7 Å². The fourth-order valence-electron chi connectivity index (χ4n) is 5.08. The van der Waals surface area contributed by atoms with Crippen LogP contribution in [0.4, 0.5) is 5.69 Å². The largest absolute Gasteiger partial charge is 0.432 e. The minimum Gasteiger partial charge on any atom is -0.432 e. The number of carbonyl (C=O) groups excluding carboxylic acids is 1. The molecular weight excluding hydrogens is 424 g/mol. The Kier molecular flexibility index (Phi) is 5.52. The van der Waals surface area contributed by atoms with Gasteiger partial charge in [0.2, 0.25) is 0 Å². The number of aromatic nitrogens is 3. The van der Waals surface area contributed by atoms with E-state index in [1.807, 2.05) is 20.0 Å². The molecule has 2 aliphatic heterocycles. The number of ether oxygens (including phenoxy) is 1. The number of rotatable bonds is 6. The number of halogens is 1. The number of nitrogens with one attached hydrogen (secondary N) is 1. The van der Waals surface area contributed by atoms with Gasteiger partial charge in [-0.1, -0.05) is 23.7 Å². The Morgan fingerprint density at radius 3 is 2.87 bits per heavy atom. The molecule has 0 bridgehead atoms. The second kappa shape index (κ2) is 7.72. The molecular formula is C20H27ClN4O4Si. The molecule has 1 saturated heterocycles. The normalized spacial score (nSPS) is 28.2.